The molecule has 3 aromatic rings. The van der Waals surface area contributed by atoms with Crippen LogP contribution in [0.25, 0.3) is 21.8 Å². The van der Waals surface area contributed by atoms with Gasteiger partial charge in [-0.2, -0.15) is 0 Å². The average molecular weight is 311 g/mol. The number of ether oxygens (including phenoxy) is 1. The summed E-state index contributed by atoms with van der Waals surface area (Å²) < 4.78 is 7.62. The third kappa shape index (κ3) is 2.26. The van der Waals surface area contributed by atoms with Crippen LogP contribution in [0.4, 0.5) is 0 Å². The summed E-state index contributed by atoms with van der Waals surface area (Å²) in [5, 5.41) is 22.8. The summed E-state index contributed by atoms with van der Waals surface area (Å²) in [5.74, 6) is 0. The van der Waals surface area contributed by atoms with Crippen molar-refractivity contribution in [1.82, 2.24) is 4.57 Å². The number of fused-ring (bicyclic) bond motifs is 3. The largest absolute Gasteiger partial charge is 0.388 e. The molecule has 0 spiro atoms. The minimum absolute atomic E-state index is 0.188. The number of hydrogen-bond donors (Lipinski definition) is 2. The average Bonchev–Trinajstić information content (AvgIpc) is 2.83. The molecule has 4 heteroatoms. The van der Waals surface area contributed by atoms with Crippen LogP contribution in [0, 0.1) is 13.8 Å². The first-order chi connectivity index (χ1) is 11.1. The van der Waals surface area contributed by atoms with Gasteiger partial charge in [0, 0.05) is 21.8 Å². The van der Waals surface area contributed by atoms with Gasteiger partial charge in [-0.05, 0) is 38.1 Å². The van der Waals surface area contributed by atoms with Crippen molar-refractivity contribution >= 4 is 21.8 Å². The number of rotatable bonds is 1. The highest BCUT2D eigenvalue weighted by molar-refractivity contribution is 6.08. The highest BCUT2D eigenvalue weighted by Crippen LogP contribution is 2.35. The summed E-state index contributed by atoms with van der Waals surface area (Å²) in [6.45, 7) is 4.76. The van der Waals surface area contributed by atoms with Crippen LogP contribution < -0.4 is 0 Å². The predicted octanol–water partition coefficient (Wildman–Crippen LogP) is 2.70. The Labute approximate surface area is 134 Å². The van der Waals surface area contributed by atoms with Gasteiger partial charge in [-0.25, -0.2) is 0 Å². The topological polar surface area (TPSA) is 54.6 Å². The molecule has 3 atom stereocenters. The molecule has 2 aromatic carbocycles. The summed E-state index contributed by atoms with van der Waals surface area (Å²) in [5.41, 5.74) is 4.55. The summed E-state index contributed by atoms with van der Waals surface area (Å²) in [7, 11) is 0. The molecule has 120 valence electrons. The number of aliphatic hydroxyl groups excluding tert-OH is 2. The highest BCUT2D eigenvalue weighted by atomic mass is 16.5. The van der Waals surface area contributed by atoms with Gasteiger partial charge in [-0.1, -0.05) is 23.3 Å². The van der Waals surface area contributed by atoms with Gasteiger partial charge < -0.3 is 19.5 Å². The molecular formula is C19H21NO3. The fraction of sp³-hybridized carbons (Fsp3) is 0.368. The third-order valence-corrected chi connectivity index (χ3v) is 4.81. The number of hydrogen-bond acceptors (Lipinski definition) is 3. The monoisotopic (exact) mass is 311 g/mol. The molecule has 1 aromatic heterocycles. The van der Waals surface area contributed by atoms with Gasteiger partial charge in [0.05, 0.1) is 19.3 Å². The van der Waals surface area contributed by atoms with E-state index in [4.69, 9.17) is 4.74 Å². The molecule has 23 heavy (non-hydrogen) atoms. The lowest BCUT2D eigenvalue weighted by Crippen LogP contribution is -2.44. The first kappa shape index (κ1) is 14.7. The number of nitrogens with zero attached hydrogens (tertiary/aromatic N) is 1. The maximum absolute atomic E-state index is 10.5. The van der Waals surface area contributed by atoms with E-state index in [-0.39, 0.29) is 12.6 Å². The third-order valence-electron chi connectivity index (χ3n) is 4.81. The van der Waals surface area contributed by atoms with E-state index in [1.807, 2.05) is 0 Å². The number of aryl methyl sites for hydroxylation is 2. The van der Waals surface area contributed by atoms with Gasteiger partial charge >= 0.3 is 0 Å². The van der Waals surface area contributed by atoms with Gasteiger partial charge in [-0.15, -0.1) is 0 Å². The predicted molar refractivity (Wildman–Crippen MR) is 90.8 cm³/mol. The van der Waals surface area contributed by atoms with Crippen LogP contribution in [0.3, 0.4) is 0 Å². The molecule has 0 unspecified atom stereocenters. The van der Waals surface area contributed by atoms with Gasteiger partial charge in [0.25, 0.3) is 0 Å². The molecule has 1 aliphatic heterocycles. The Morgan fingerprint density at radius 2 is 1.48 bits per heavy atom. The minimum atomic E-state index is -0.850. The Bertz CT molecular complexity index is 824. The first-order valence-electron chi connectivity index (χ1n) is 8.01. The molecule has 0 bridgehead atoms. The molecule has 1 saturated heterocycles. The fourth-order valence-electron chi connectivity index (χ4n) is 3.63. The van der Waals surface area contributed by atoms with Crippen molar-refractivity contribution in [2.24, 2.45) is 0 Å². The Kier molecular flexibility index (Phi) is 3.41. The minimum Gasteiger partial charge on any atom is -0.388 e. The van der Waals surface area contributed by atoms with Crippen molar-refractivity contribution < 1.29 is 14.9 Å². The smallest absolute Gasteiger partial charge is 0.105 e. The van der Waals surface area contributed by atoms with Crippen LogP contribution >= 0.6 is 0 Å². The number of benzene rings is 2. The number of aromatic nitrogens is 1. The standard InChI is InChI=1S/C19H21NO3/c1-11-3-5-15-13(7-11)14-8-12(2)4-6-16(14)20(15)17-9-23-10-18(21)19(17)22/h3-8,17-19,21-22H,9-10H2,1-2H3/t17-,18-,19+/m0/s1. The maximum atomic E-state index is 10.5. The first-order valence-corrected chi connectivity index (χ1v) is 8.01. The van der Waals surface area contributed by atoms with Crippen molar-refractivity contribution in [3.63, 3.8) is 0 Å². The SMILES string of the molecule is Cc1ccc2c(c1)c1cc(C)ccc1n2[C@H]1COC[C@H](O)[C@@H]1O. The van der Waals surface area contributed by atoms with Crippen LogP contribution in [0.2, 0.25) is 0 Å². The van der Waals surface area contributed by atoms with Gasteiger partial charge in [0.15, 0.2) is 0 Å². The normalized spacial score (nSPS) is 25.3. The van der Waals surface area contributed by atoms with Crippen LogP contribution in [0.5, 0.6) is 0 Å². The van der Waals surface area contributed by atoms with Crippen molar-refractivity contribution in [3.05, 3.63) is 47.5 Å². The summed E-state index contributed by atoms with van der Waals surface area (Å²) in [4.78, 5) is 0. The molecule has 1 fully saturated rings. The zero-order valence-electron chi connectivity index (χ0n) is 13.4. The Balaban J connectivity index is 2.04. The van der Waals surface area contributed by atoms with Crippen molar-refractivity contribution in [2.75, 3.05) is 13.2 Å². The zero-order valence-corrected chi connectivity index (χ0v) is 13.4. The maximum Gasteiger partial charge on any atom is 0.105 e. The lowest BCUT2D eigenvalue weighted by atomic mass is 10.0. The molecule has 0 radical (unpaired) electrons. The van der Waals surface area contributed by atoms with Crippen LogP contribution in [0.1, 0.15) is 17.2 Å². The van der Waals surface area contributed by atoms with Gasteiger partial charge in [0.2, 0.25) is 0 Å². The molecule has 2 heterocycles. The van der Waals surface area contributed by atoms with Crippen molar-refractivity contribution in [3.8, 4) is 0 Å². The molecule has 0 amide bonds. The lowest BCUT2D eigenvalue weighted by molar-refractivity contribution is -0.113. The van der Waals surface area contributed by atoms with Crippen molar-refractivity contribution in [2.45, 2.75) is 32.1 Å². The molecular weight excluding hydrogens is 290 g/mol. The molecule has 0 aliphatic carbocycles. The van der Waals surface area contributed by atoms with Gasteiger partial charge in [0.1, 0.15) is 12.2 Å². The van der Waals surface area contributed by atoms with Crippen LogP contribution in [-0.2, 0) is 4.74 Å². The van der Waals surface area contributed by atoms with E-state index in [0.29, 0.717) is 6.61 Å². The molecule has 4 rings (SSSR count). The second-order valence-electron chi connectivity index (χ2n) is 6.57. The Hall–Kier alpha value is -1.88. The van der Waals surface area contributed by atoms with E-state index >= 15 is 0 Å². The van der Waals surface area contributed by atoms with E-state index < -0.39 is 12.2 Å². The fourth-order valence-corrected chi connectivity index (χ4v) is 3.63. The molecule has 4 nitrogen and oxygen atoms in total. The molecule has 2 N–H and O–H groups in total. The lowest BCUT2D eigenvalue weighted by Gasteiger charge is -2.33. The second-order valence-corrected chi connectivity index (χ2v) is 6.57. The summed E-state index contributed by atoms with van der Waals surface area (Å²) in [6.07, 6.45) is -1.68. The quantitative estimate of drug-likeness (QED) is 0.726. The van der Waals surface area contributed by atoms with E-state index in [1.165, 1.54) is 21.9 Å². The number of aliphatic hydroxyl groups is 2. The highest BCUT2D eigenvalue weighted by Gasteiger charge is 2.34. The Morgan fingerprint density at radius 1 is 0.913 bits per heavy atom. The van der Waals surface area contributed by atoms with E-state index in [1.54, 1.807) is 0 Å². The zero-order chi connectivity index (χ0) is 16.1. The second kappa shape index (κ2) is 5.34. The van der Waals surface area contributed by atoms with Crippen molar-refractivity contribution in [1.29, 1.82) is 0 Å². The molecule has 1 aliphatic rings. The van der Waals surface area contributed by atoms with E-state index in [9.17, 15) is 10.2 Å². The Morgan fingerprint density at radius 3 is 2.04 bits per heavy atom. The van der Waals surface area contributed by atoms with E-state index in [2.05, 4.69) is 54.8 Å². The summed E-state index contributed by atoms with van der Waals surface area (Å²) in [6, 6.07) is 12.4. The summed E-state index contributed by atoms with van der Waals surface area (Å²) >= 11 is 0. The van der Waals surface area contributed by atoms with Gasteiger partial charge in [-0.3, -0.25) is 0 Å². The van der Waals surface area contributed by atoms with E-state index in [0.717, 1.165) is 11.0 Å². The van der Waals surface area contributed by atoms with Crippen LogP contribution in [-0.4, -0.2) is 40.2 Å². The molecule has 0 saturated carbocycles. The van der Waals surface area contributed by atoms with Crippen LogP contribution in [0.15, 0.2) is 36.4 Å².